The van der Waals surface area contributed by atoms with Crippen LogP contribution in [0.15, 0.2) is 0 Å². The van der Waals surface area contributed by atoms with Gasteiger partial charge in [-0.05, 0) is 18.8 Å². The van der Waals surface area contributed by atoms with Crippen molar-refractivity contribution in [3.63, 3.8) is 0 Å². The molecule has 1 heterocycles. The molecule has 0 amide bonds. The summed E-state index contributed by atoms with van der Waals surface area (Å²) >= 11 is 0. The van der Waals surface area contributed by atoms with Crippen LogP contribution in [0.1, 0.15) is 27.7 Å². The lowest BCUT2D eigenvalue weighted by molar-refractivity contribution is 0.285. The first kappa shape index (κ1) is 7.07. The summed E-state index contributed by atoms with van der Waals surface area (Å²) in [5.74, 6) is 1.50. The van der Waals surface area contributed by atoms with Crippen LogP contribution in [0.25, 0.3) is 0 Å². The van der Waals surface area contributed by atoms with Gasteiger partial charge in [0.05, 0.1) is 12.2 Å². The maximum atomic E-state index is 5.34. The molecule has 1 saturated heterocycles. The lowest BCUT2D eigenvalue weighted by Crippen LogP contribution is -2.12. The van der Waals surface area contributed by atoms with Crippen LogP contribution in [0, 0.1) is 11.8 Å². The summed E-state index contributed by atoms with van der Waals surface area (Å²) < 4.78 is 5.34. The van der Waals surface area contributed by atoms with E-state index in [1.165, 1.54) is 0 Å². The molecular formula is C8H16O. The van der Waals surface area contributed by atoms with Crippen molar-refractivity contribution in [2.75, 3.05) is 0 Å². The quantitative estimate of drug-likeness (QED) is 0.519. The second kappa shape index (κ2) is 2.30. The number of hydrogen-bond acceptors (Lipinski definition) is 1. The zero-order chi connectivity index (χ0) is 7.02. The summed E-state index contributed by atoms with van der Waals surface area (Å²) in [5.41, 5.74) is 0. The molecule has 0 radical (unpaired) electrons. The van der Waals surface area contributed by atoms with Gasteiger partial charge in [-0.3, -0.25) is 0 Å². The van der Waals surface area contributed by atoms with Gasteiger partial charge < -0.3 is 4.74 Å². The first-order chi connectivity index (χ1) is 4.13. The predicted octanol–water partition coefficient (Wildman–Crippen LogP) is 2.07. The van der Waals surface area contributed by atoms with Crippen molar-refractivity contribution >= 4 is 0 Å². The van der Waals surface area contributed by atoms with Crippen molar-refractivity contribution in [2.45, 2.75) is 39.9 Å². The third-order valence-corrected chi connectivity index (χ3v) is 2.33. The van der Waals surface area contributed by atoms with Crippen LogP contribution >= 0.6 is 0 Å². The van der Waals surface area contributed by atoms with Gasteiger partial charge in [0.1, 0.15) is 0 Å². The molecule has 1 fully saturated rings. The number of epoxide rings is 1. The topological polar surface area (TPSA) is 12.5 Å². The summed E-state index contributed by atoms with van der Waals surface area (Å²) in [5, 5.41) is 0. The number of hydrogen-bond donors (Lipinski definition) is 0. The third kappa shape index (κ3) is 1.45. The Morgan fingerprint density at radius 3 is 1.78 bits per heavy atom. The van der Waals surface area contributed by atoms with Crippen molar-refractivity contribution in [2.24, 2.45) is 11.8 Å². The van der Waals surface area contributed by atoms with Gasteiger partial charge in [-0.1, -0.05) is 20.8 Å². The zero-order valence-corrected chi connectivity index (χ0v) is 6.72. The lowest BCUT2D eigenvalue weighted by Gasteiger charge is -2.11. The van der Waals surface area contributed by atoms with E-state index in [4.69, 9.17) is 4.74 Å². The second-order valence-corrected chi connectivity index (χ2v) is 3.41. The molecule has 0 aromatic carbocycles. The summed E-state index contributed by atoms with van der Waals surface area (Å²) in [4.78, 5) is 0. The molecule has 1 aliphatic heterocycles. The average Bonchev–Trinajstić information content (AvgIpc) is 2.44. The van der Waals surface area contributed by atoms with Crippen LogP contribution in [-0.2, 0) is 4.74 Å². The minimum Gasteiger partial charge on any atom is -0.370 e. The molecule has 0 aliphatic carbocycles. The Kier molecular flexibility index (Phi) is 1.80. The summed E-state index contributed by atoms with van der Waals surface area (Å²) in [6.07, 6.45) is 1.09. The van der Waals surface area contributed by atoms with Crippen LogP contribution in [0.3, 0.4) is 0 Å². The molecule has 0 N–H and O–H groups in total. The van der Waals surface area contributed by atoms with Crippen molar-refractivity contribution in [3.8, 4) is 0 Å². The Labute approximate surface area is 57.4 Å². The minimum absolute atomic E-state index is 0.530. The Bertz CT molecular complexity index is 98.7. The normalized spacial score (nSPS) is 37.0. The van der Waals surface area contributed by atoms with Crippen LogP contribution in [-0.4, -0.2) is 12.2 Å². The van der Waals surface area contributed by atoms with Gasteiger partial charge >= 0.3 is 0 Å². The second-order valence-electron chi connectivity index (χ2n) is 3.41. The fourth-order valence-electron chi connectivity index (χ4n) is 1.13. The molecule has 9 heavy (non-hydrogen) atoms. The van der Waals surface area contributed by atoms with Crippen LogP contribution in [0.2, 0.25) is 0 Å². The van der Waals surface area contributed by atoms with Gasteiger partial charge in [-0.15, -0.1) is 0 Å². The maximum absolute atomic E-state index is 5.34. The van der Waals surface area contributed by atoms with E-state index >= 15 is 0 Å². The maximum Gasteiger partial charge on any atom is 0.0866 e. The Morgan fingerprint density at radius 2 is 1.67 bits per heavy atom. The SMILES string of the molecule is CC(C)C(C)C1OC1C. The molecule has 54 valence electrons. The zero-order valence-electron chi connectivity index (χ0n) is 6.72. The van der Waals surface area contributed by atoms with Gasteiger partial charge in [0.25, 0.3) is 0 Å². The molecule has 1 nitrogen and oxygen atoms in total. The van der Waals surface area contributed by atoms with E-state index < -0.39 is 0 Å². The fourth-order valence-corrected chi connectivity index (χ4v) is 1.13. The van der Waals surface area contributed by atoms with Crippen molar-refractivity contribution < 1.29 is 4.74 Å². The van der Waals surface area contributed by atoms with E-state index in [0.717, 1.165) is 11.8 Å². The van der Waals surface area contributed by atoms with E-state index in [0.29, 0.717) is 12.2 Å². The molecular weight excluding hydrogens is 112 g/mol. The van der Waals surface area contributed by atoms with Gasteiger partial charge in [-0.25, -0.2) is 0 Å². The molecule has 0 aromatic rings. The lowest BCUT2D eigenvalue weighted by atomic mass is 9.93. The van der Waals surface area contributed by atoms with Crippen molar-refractivity contribution in [1.82, 2.24) is 0 Å². The molecule has 0 bridgehead atoms. The molecule has 3 atom stereocenters. The van der Waals surface area contributed by atoms with Crippen LogP contribution in [0.5, 0.6) is 0 Å². The summed E-state index contributed by atoms with van der Waals surface area (Å²) in [6.45, 7) is 8.90. The third-order valence-electron chi connectivity index (χ3n) is 2.33. The van der Waals surface area contributed by atoms with E-state index in [1.807, 2.05) is 0 Å². The van der Waals surface area contributed by atoms with E-state index in [9.17, 15) is 0 Å². The van der Waals surface area contributed by atoms with Crippen LogP contribution < -0.4 is 0 Å². The first-order valence-corrected chi connectivity index (χ1v) is 3.78. The van der Waals surface area contributed by atoms with E-state index in [2.05, 4.69) is 27.7 Å². The van der Waals surface area contributed by atoms with Crippen molar-refractivity contribution in [1.29, 1.82) is 0 Å². The average molecular weight is 128 g/mol. The van der Waals surface area contributed by atoms with Gasteiger partial charge in [-0.2, -0.15) is 0 Å². The standard InChI is InChI=1S/C8H16O/c1-5(2)6(3)8-7(4)9-8/h5-8H,1-4H3. The molecule has 0 saturated carbocycles. The number of rotatable bonds is 2. The van der Waals surface area contributed by atoms with E-state index in [1.54, 1.807) is 0 Å². The molecule has 1 heteroatoms. The monoisotopic (exact) mass is 128 g/mol. The highest BCUT2D eigenvalue weighted by Crippen LogP contribution is 2.32. The highest BCUT2D eigenvalue weighted by molar-refractivity contribution is 4.86. The molecule has 0 aromatic heterocycles. The van der Waals surface area contributed by atoms with E-state index in [-0.39, 0.29) is 0 Å². The van der Waals surface area contributed by atoms with Crippen molar-refractivity contribution in [3.05, 3.63) is 0 Å². The summed E-state index contributed by atoms with van der Waals surface area (Å²) in [6, 6.07) is 0. The number of ether oxygens (including phenoxy) is 1. The van der Waals surface area contributed by atoms with Gasteiger partial charge in [0.15, 0.2) is 0 Å². The molecule has 1 rings (SSSR count). The summed E-state index contributed by atoms with van der Waals surface area (Å²) in [7, 11) is 0. The molecule has 3 unspecified atom stereocenters. The fraction of sp³-hybridized carbons (Fsp3) is 1.00. The largest absolute Gasteiger partial charge is 0.370 e. The molecule has 0 spiro atoms. The highest BCUT2D eigenvalue weighted by atomic mass is 16.6. The Balaban J connectivity index is 2.27. The van der Waals surface area contributed by atoms with Gasteiger partial charge in [0, 0.05) is 0 Å². The first-order valence-electron chi connectivity index (χ1n) is 3.78. The van der Waals surface area contributed by atoms with Crippen LogP contribution in [0.4, 0.5) is 0 Å². The predicted molar refractivity (Wildman–Crippen MR) is 38.3 cm³/mol. The Morgan fingerprint density at radius 1 is 1.22 bits per heavy atom. The highest BCUT2D eigenvalue weighted by Gasteiger charge is 2.39. The Hall–Kier alpha value is -0.0400. The minimum atomic E-state index is 0.530. The van der Waals surface area contributed by atoms with Gasteiger partial charge in [0.2, 0.25) is 0 Å². The smallest absolute Gasteiger partial charge is 0.0866 e. The molecule has 1 aliphatic rings.